The van der Waals surface area contributed by atoms with Crippen molar-refractivity contribution in [2.24, 2.45) is 0 Å². The van der Waals surface area contributed by atoms with Gasteiger partial charge in [0.15, 0.2) is 0 Å². The summed E-state index contributed by atoms with van der Waals surface area (Å²) < 4.78 is 19.3. The molecular formula is C16H17FN2O3S. The molecule has 122 valence electrons. The molecule has 1 aromatic carbocycles. The molecule has 1 aliphatic rings. The summed E-state index contributed by atoms with van der Waals surface area (Å²) in [6.45, 7) is 2.45. The Morgan fingerprint density at radius 3 is 3.04 bits per heavy atom. The number of benzene rings is 1. The number of carbonyl (C=O) groups is 1. The minimum absolute atomic E-state index is 0.0936. The van der Waals surface area contributed by atoms with Gasteiger partial charge in [-0.25, -0.2) is 9.37 Å². The number of hydrogen-bond acceptors (Lipinski definition) is 5. The number of carbonyl (C=O) groups excluding carboxylic acids is 1. The lowest BCUT2D eigenvalue weighted by Crippen LogP contribution is -2.52. The Balaban J connectivity index is 1.82. The zero-order chi connectivity index (χ0) is 16.4. The smallest absolute Gasteiger partial charge is 0.273 e. The lowest BCUT2D eigenvalue weighted by atomic mass is 10.2. The standard InChI is InChI=1S/C16H17FN2O3S/c1-10-8-22-11(7-20)6-19(10)16(21)14-9-23-15(18-14)12-4-2-3-5-13(12)17/h2-5,9-11,20H,6-8H2,1H3. The van der Waals surface area contributed by atoms with Crippen LogP contribution in [0.25, 0.3) is 10.6 Å². The van der Waals surface area contributed by atoms with Crippen LogP contribution in [0.1, 0.15) is 17.4 Å². The third-order valence-corrected chi connectivity index (χ3v) is 4.67. The molecule has 2 aromatic rings. The van der Waals surface area contributed by atoms with E-state index in [4.69, 9.17) is 4.74 Å². The SMILES string of the molecule is CC1COC(CO)CN1C(=O)c1csc(-c2ccccc2F)n1. The van der Waals surface area contributed by atoms with E-state index in [-0.39, 0.29) is 30.5 Å². The summed E-state index contributed by atoms with van der Waals surface area (Å²) in [5.74, 6) is -0.584. The fourth-order valence-electron chi connectivity index (χ4n) is 2.49. The van der Waals surface area contributed by atoms with Crippen LogP contribution in [-0.2, 0) is 4.74 Å². The first-order valence-corrected chi connectivity index (χ1v) is 8.22. The van der Waals surface area contributed by atoms with Crippen molar-refractivity contribution in [3.63, 3.8) is 0 Å². The molecule has 2 unspecified atom stereocenters. The summed E-state index contributed by atoms with van der Waals surface area (Å²) in [5.41, 5.74) is 0.679. The third kappa shape index (κ3) is 3.26. The van der Waals surface area contributed by atoms with E-state index >= 15 is 0 Å². The number of morpholine rings is 1. The summed E-state index contributed by atoms with van der Waals surface area (Å²) in [5, 5.41) is 11.3. The highest BCUT2D eigenvalue weighted by Gasteiger charge is 2.31. The zero-order valence-electron chi connectivity index (χ0n) is 12.6. The van der Waals surface area contributed by atoms with Crippen molar-refractivity contribution in [1.82, 2.24) is 9.88 Å². The Kier molecular flexibility index (Phi) is 4.70. The second-order valence-electron chi connectivity index (χ2n) is 5.46. The maximum Gasteiger partial charge on any atom is 0.273 e. The topological polar surface area (TPSA) is 62.7 Å². The molecule has 1 aliphatic heterocycles. The number of rotatable bonds is 3. The summed E-state index contributed by atoms with van der Waals surface area (Å²) >= 11 is 1.24. The molecule has 1 fully saturated rings. The van der Waals surface area contributed by atoms with Gasteiger partial charge in [0.1, 0.15) is 16.5 Å². The van der Waals surface area contributed by atoms with Crippen molar-refractivity contribution in [2.75, 3.05) is 19.8 Å². The Morgan fingerprint density at radius 1 is 1.52 bits per heavy atom. The number of amides is 1. The van der Waals surface area contributed by atoms with Crippen LogP contribution >= 0.6 is 11.3 Å². The number of aliphatic hydroxyl groups is 1. The minimum atomic E-state index is -0.375. The van der Waals surface area contributed by atoms with Gasteiger partial charge < -0.3 is 14.7 Å². The van der Waals surface area contributed by atoms with Crippen molar-refractivity contribution in [1.29, 1.82) is 0 Å². The van der Waals surface area contributed by atoms with E-state index in [9.17, 15) is 14.3 Å². The molecule has 1 N–H and O–H groups in total. The van der Waals surface area contributed by atoms with E-state index < -0.39 is 0 Å². The molecule has 0 aliphatic carbocycles. The molecule has 2 atom stereocenters. The normalized spacial score (nSPS) is 21.4. The molecule has 23 heavy (non-hydrogen) atoms. The van der Waals surface area contributed by atoms with Gasteiger partial charge in [-0.05, 0) is 19.1 Å². The van der Waals surface area contributed by atoms with Crippen molar-refractivity contribution >= 4 is 17.2 Å². The fraction of sp³-hybridized carbons (Fsp3) is 0.375. The van der Waals surface area contributed by atoms with E-state index in [1.165, 1.54) is 17.4 Å². The Hall–Kier alpha value is -1.83. The largest absolute Gasteiger partial charge is 0.394 e. The Bertz CT molecular complexity index is 706. The molecule has 3 rings (SSSR count). The summed E-state index contributed by atoms with van der Waals surface area (Å²) in [4.78, 5) is 18.6. The van der Waals surface area contributed by atoms with Crippen LogP contribution in [-0.4, -0.2) is 52.8 Å². The van der Waals surface area contributed by atoms with Crippen molar-refractivity contribution in [3.05, 3.63) is 41.2 Å². The van der Waals surface area contributed by atoms with Gasteiger partial charge in [-0.2, -0.15) is 0 Å². The fourth-order valence-corrected chi connectivity index (χ4v) is 3.31. The van der Waals surface area contributed by atoms with Gasteiger partial charge in [0.05, 0.1) is 25.4 Å². The highest BCUT2D eigenvalue weighted by Crippen LogP contribution is 2.27. The van der Waals surface area contributed by atoms with Crippen LogP contribution in [0.5, 0.6) is 0 Å². The predicted molar refractivity (Wildman–Crippen MR) is 84.8 cm³/mol. The van der Waals surface area contributed by atoms with Crippen LogP contribution < -0.4 is 0 Å². The van der Waals surface area contributed by atoms with Gasteiger partial charge in [-0.15, -0.1) is 11.3 Å². The zero-order valence-corrected chi connectivity index (χ0v) is 13.4. The van der Waals surface area contributed by atoms with Gasteiger partial charge >= 0.3 is 0 Å². The van der Waals surface area contributed by atoms with E-state index in [1.807, 2.05) is 6.92 Å². The number of nitrogens with zero attached hydrogens (tertiary/aromatic N) is 2. The molecule has 0 bridgehead atoms. The number of hydrogen-bond donors (Lipinski definition) is 1. The second kappa shape index (κ2) is 6.74. The third-order valence-electron chi connectivity index (χ3n) is 3.80. The lowest BCUT2D eigenvalue weighted by molar-refractivity contribution is -0.0668. The van der Waals surface area contributed by atoms with Gasteiger partial charge in [-0.3, -0.25) is 4.79 Å². The first kappa shape index (κ1) is 16.0. The molecule has 0 radical (unpaired) electrons. The molecule has 2 heterocycles. The number of aliphatic hydroxyl groups excluding tert-OH is 1. The van der Waals surface area contributed by atoms with Crippen molar-refractivity contribution < 1.29 is 19.0 Å². The second-order valence-corrected chi connectivity index (χ2v) is 6.32. The van der Waals surface area contributed by atoms with Crippen LogP contribution in [0.3, 0.4) is 0 Å². The quantitative estimate of drug-likeness (QED) is 0.933. The van der Waals surface area contributed by atoms with E-state index in [0.29, 0.717) is 29.4 Å². The van der Waals surface area contributed by atoms with Crippen LogP contribution in [0.15, 0.2) is 29.6 Å². The van der Waals surface area contributed by atoms with Gasteiger partial charge in [0.25, 0.3) is 5.91 Å². The average molecular weight is 336 g/mol. The summed E-state index contributed by atoms with van der Waals surface area (Å²) in [6, 6.07) is 6.26. The number of thiazole rings is 1. The monoisotopic (exact) mass is 336 g/mol. The van der Waals surface area contributed by atoms with E-state index in [1.54, 1.807) is 28.5 Å². The minimum Gasteiger partial charge on any atom is -0.394 e. The summed E-state index contributed by atoms with van der Waals surface area (Å²) in [7, 11) is 0. The van der Waals surface area contributed by atoms with E-state index in [0.717, 1.165) is 0 Å². The molecule has 7 heteroatoms. The maximum absolute atomic E-state index is 13.8. The first-order valence-electron chi connectivity index (χ1n) is 7.34. The molecule has 5 nitrogen and oxygen atoms in total. The maximum atomic E-state index is 13.8. The van der Waals surface area contributed by atoms with Crippen LogP contribution in [0.2, 0.25) is 0 Å². The molecular weight excluding hydrogens is 319 g/mol. The van der Waals surface area contributed by atoms with Crippen molar-refractivity contribution in [2.45, 2.75) is 19.1 Å². The van der Waals surface area contributed by atoms with Crippen LogP contribution in [0.4, 0.5) is 4.39 Å². The highest BCUT2D eigenvalue weighted by molar-refractivity contribution is 7.13. The van der Waals surface area contributed by atoms with Gasteiger partial charge in [-0.1, -0.05) is 12.1 Å². The first-order chi connectivity index (χ1) is 11.1. The number of halogens is 1. The van der Waals surface area contributed by atoms with Crippen LogP contribution in [0, 0.1) is 5.82 Å². The van der Waals surface area contributed by atoms with E-state index in [2.05, 4.69) is 4.98 Å². The number of ether oxygens (including phenoxy) is 1. The van der Waals surface area contributed by atoms with Crippen molar-refractivity contribution in [3.8, 4) is 10.6 Å². The Morgan fingerprint density at radius 2 is 2.30 bits per heavy atom. The number of aromatic nitrogens is 1. The lowest BCUT2D eigenvalue weighted by Gasteiger charge is -2.37. The summed E-state index contributed by atoms with van der Waals surface area (Å²) in [6.07, 6.45) is -0.375. The predicted octanol–water partition coefficient (Wildman–Crippen LogP) is 2.17. The van der Waals surface area contributed by atoms with Gasteiger partial charge in [0, 0.05) is 17.5 Å². The molecule has 0 spiro atoms. The average Bonchev–Trinajstić information content (AvgIpc) is 3.05. The molecule has 0 saturated carbocycles. The molecule has 1 amide bonds. The molecule has 1 aromatic heterocycles. The molecule has 1 saturated heterocycles. The van der Waals surface area contributed by atoms with Gasteiger partial charge in [0.2, 0.25) is 0 Å². The Labute approximate surface area is 137 Å². The highest BCUT2D eigenvalue weighted by atomic mass is 32.1.